The third-order valence-corrected chi connectivity index (χ3v) is 17.9. The monoisotopic (exact) mass is 747 g/mol. The lowest BCUT2D eigenvalue weighted by Crippen LogP contribution is -2.76. The van der Waals surface area contributed by atoms with Crippen LogP contribution < -0.4 is 25.5 Å². The van der Waals surface area contributed by atoms with E-state index < -0.39 is 8.07 Å². The summed E-state index contributed by atoms with van der Waals surface area (Å²) in [5.41, 5.74) is 5.98. The molecule has 0 saturated heterocycles. The van der Waals surface area contributed by atoms with Crippen molar-refractivity contribution in [3.05, 3.63) is 200 Å². The molecule has 0 radical (unpaired) electrons. The first-order valence-electron chi connectivity index (χ1n) is 19.2. The smallest absolute Gasteiger partial charge is 0.189 e. The van der Waals surface area contributed by atoms with Gasteiger partial charge in [0.05, 0.1) is 11.0 Å². The fraction of sp³-hybridized carbons (Fsp3) is 0. The number of thiophene rings is 1. The van der Waals surface area contributed by atoms with Crippen molar-refractivity contribution in [1.82, 2.24) is 4.57 Å². The molecule has 2 aromatic heterocycles. The van der Waals surface area contributed by atoms with Crippen LogP contribution in [0.25, 0.3) is 69.6 Å². The van der Waals surface area contributed by atoms with E-state index in [4.69, 9.17) is 4.74 Å². The van der Waals surface area contributed by atoms with Crippen LogP contribution in [0.2, 0.25) is 0 Å². The molecule has 0 fully saturated rings. The van der Waals surface area contributed by atoms with E-state index >= 15 is 0 Å². The fourth-order valence-electron chi connectivity index (χ4n) is 9.62. The summed E-state index contributed by atoms with van der Waals surface area (Å²) >= 11 is 1.89. The van der Waals surface area contributed by atoms with Gasteiger partial charge in [0.15, 0.2) is 8.07 Å². The van der Waals surface area contributed by atoms with Gasteiger partial charge in [0.1, 0.15) is 11.5 Å². The highest BCUT2D eigenvalue weighted by Crippen LogP contribution is 2.39. The predicted molar refractivity (Wildman–Crippen MR) is 240 cm³/mol. The Balaban J connectivity index is 1.26. The zero-order chi connectivity index (χ0) is 36.8. The Kier molecular flexibility index (Phi) is 6.85. The number of benzene rings is 9. The molecule has 9 aromatic carbocycles. The average molecular weight is 748 g/mol. The zero-order valence-electron chi connectivity index (χ0n) is 30.3. The molecule has 12 rings (SSSR count). The molecule has 0 bridgehead atoms. The lowest BCUT2D eigenvalue weighted by atomic mass is 10.0. The maximum Gasteiger partial charge on any atom is 0.189 e. The molecular weight excluding hydrogens is 715 g/mol. The average Bonchev–Trinajstić information content (AvgIpc) is 3.81. The van der Waals surface area contributed by atoms with Gasteiger partial charge in [-0.3, -0.25) is 0 Å². The van der Waals surface area contributed by atoms with Crippen LogP contribution in [-0.4, -0.2) is 12.6 Å². The van der Waals surface area contributed by atoms with Gasteiger partial charge in [0.2, 0.25) is 0 Å². The molecule has 0 amide bonds. The predicted octanol–water partition coefficient (Wildman–Crippen LogP) is 11.5. The SMILES string of the molecule is c1cc(-n2c3ccccc3c3ccccc32)cc([Si]2(c3cccc4sc5ccccc5c34)c3ccccc3Oc3cccc(-c4ccc5ccccc5c4)c32)c1. The van der Waals surface area contributed by atoms with Crippen molar-refractivity contribution in [3.63, 3.8) is 0 Å². The Morgan fingerprint density at radius 2 is 1.09 bits per heavy atom. The maximum atomic E-state index is 7.06. The van der Waals surface area contributed by atoms with Gasteiger partial charge >= 0.3 is 0 Å². The van der Waals surface area contributed by atoms with Crippen LogP contribution in [0.15, 0.2) is 200 Å². The normalized spacial score (nSPS) is 15.0. The molecule has 3 heterocycles. The lowest BCUT2D eigenvalue weighted by molar-refractivity contribution is 0.487. The number of aromatic nitrogens is 1. The van der Waals surface area contributed by atoms with Crippen molar-refractivity contribution < 1.29 is 4.74 Å². The van der Waals surface area contributed by atoms with Crippen molar-refractivity contribution in [2.45, 2.75) is 0 Å². The molecule has 2 nitrogen and oxygen atoms in total. The van der Waals surface area contributed by atoms with E-state index in [2.05, 4.69) is 205 Å². The molecule has 11 aromatic rings. The van der Waals surface area contributed by atoms with Crippen molar-refractivity contribution in [2.75, 3.05) is 0 Å². The quantitative estimate of drug-likeness (QED) is 0.164. The second-order valence-electron chi connectivity index (χ2n) is 14.8. The van der Waals surface area contributed by atoms with Crippen LogP contribution in [0.1, 0.15) is 0 Å². The molecule has 1 aliphatic heterocycles. The standard InChI is InChI=1S/C52H33NOSSi/c1-2-15-35-32-36(31-30-34(35)14-1)39-21-12-25-46-52(39)56(49-28-10-8-24-45(49)54-46,50-29-13-27-48-51(50)42-20-5-9-26-47(42)55-48)38-17-11-16-37(33-38)53-43-22-6-3-18-40(43)41-19-4-7-23-44(41)53/h1-33H. The number of para-hydroxylation sites is 3. The van der Waals surface area contributed by atoms with Gasteiger partial charge in [0, 0.05) is 41.8 Å². The molecule has 0 saturated carbocycles. The van der Waals surface area contributed by atoms with Crippen LogP contribution in [0, 0.1) is 0 Å². The minimum atomic E-state index is -3.23. The maximum absolute atomic E-state index is 7.06. The Morgan fingerprint density at radius 3 is 1.95 bits per heavy atom. The van der Waals surface area contributed by atoms with Crippen molar-refractivity contribution in [1.29, 1.82) is 0 Å². The molecule has 56 heavy (non-hydrogen) atoms. The van der Waals surface area contributed by atoms with Crippen LogP contribution >= 0.6 is 11.3 Å². The zero-order valence-corrected chi connectivity index (χ0v) is 32.1. The third-order valence-electron chi connectivity index (χ3n) is 11.9. The molecule has 4 heteroatoms. The number of fused-ring (bicyclic) bond motifs is 9. The van der Waals surface area contributed by atoms with E-state index in [-0.39, 0.29) is 0 Å². The minimum absolute atomic E-state index is 0.930. The van der Waals surface area contributed by atoms with E-state index in [0.29, 0.717) is 0 Å². The number of hydrogen-bond acceptors (Lipinski definition) is 2. The van der Waals surface area contributed by atoms with Crippen LogP contribution in [0.3, 0.4) is 0 Å². The second kappa shape index (κ2) is 12.1. The van der Waals surface area contributed by atoms with Gasteiger partial charge in [-0.25, -0.2) is 0 Å². The Hall–Kier alpha value is -6.72. The molecule has 1 aliphatic rings. The molecule has 0 N–H and O–H groups in total. The highest BCUT2D eigenvalue weighted by atomic mass is 32.1. The summed E-state index contributed by atoms with van der Waals surface area (Å²) in [5, 5.41) is 12.9. The summed E-state index contributed by atoms with van der Waals surface area (Å²) in [4.78, 5) is 0. The molecule has 0 aliphatic carbocycles. The lowest BCUT2D eigenvalue weighted by Gasteiger charge is -2.41. The summed E-state index contributed by atoms with van der Waals surface area (Å²) in [7, 11) is -3.23. The van der Waals surface area contributed by atoms with Crippen molar-refractivity contribution in [2.24, 2.45) is 0 Å². The van der Waals surface area contributed by atoms with Gasteiger partial charge < -0.3 is 9.30 Å². The molecule has 1 atom stereocenters. The van der Waals surface area contributed by atoms with E-state index in [9.17, 15) is 0 Å². The highest BCUT2D eigenvalue weighted by Gasteiger charge is 2.50. The summed E-state index contributed by atoms with van der Waals surface area (Å²) in [6.07, 6.45) is 0. The Labute approximate surface area is 329 Å². The third kappa shape index (κ3) is 4.42. The van der Waals surface area contributed by atoms with Gasteiger partial charge in [-0.2, -0.15) is 0 Å². The molecule has 1 unspecified atom stereocenters. The molecule has 262 valence electrons. The minimum Gasteiger partial charge on any atom is -0.458 e. The number of rotatable bonds is 4. The van der Waals surface area contributed by atoms with Crippen molar-refractivity contribution >= 4 is 92.9 Å². The Morgan fingerprint density at radius 1 is 0.446 bits per heavy atom. The van der Waals surface area contributed by atoms with Gasteiger partial charge in [0.25, 0.3) is 0 Å². The highest BCUT2D eigenvalue weighted by molar-refractivity contribution is 7.27. The van der Waals surface area contributed by atoms with E-state index in [1.165, 1.54) is 84.6 Å². The number of hydrogen-bond donors (Lipinski definition) is 0. The van der Waals surface area contributed by atoms with E-state index in [1.54, 1.807) is 0 Å². The van der Waals surface area contributed by atoms with Crippen LogP contribution in [-0.2, 0) is 0 Å². The van der Waals surface area contributed by atoms with Crippen molar-refractivity contribution in [3.8, 4) is 28.3 Å². The summed E-state index contributed by atoms with van der Waals surface area (Å²) in [5.74, 6) is 1.86. The first-order chi connectivity index (χ1) is 27.8. The fourth-order valence-corrected chi connectivity index (χ4v) is 16.3. The first kappa shape index (κ1) is 31.6. The number of ether oxygens (including phenoxy) is 1. The first-order valence-corrected chi connectivity index (χ1v) is 22.0. The van der Waals surface area contributed by atoms with Crippen LogP contribution in [0.4, 0.5) is 0 Å². The Bertz CT molecular complexity index is 3320. The van der Waals surface area contributed by atoms with Crippen LogP contribution in [0.5, 0.6) is 11.5 Å². The van der Waals surface area contributed by atoms with E-state index in [0.717, 1.165) is 17.2 Å². The second-order valence-corrected chi connectivity index (χ2v) is 19.5. The topological polar surface area (TPSA) is 14.2 Å². The van der Waals surface area contributed by atoms with E-state index in [1.807, 2.05) is 11.3 Å². The molecule has 0 spiro atoms. The van der Waals surface area contributed by atoms with Gasteiger partial charge in [-0.1, -0.05) is 146 Å². The summed E-state index contributed by atoms with van der Waals surface area (Å²) in [6.45, 7) is 0. The molecular formula is C52H33NOSSi. The largest absolute Gasteiger partial charge is 0.458 e. The number of nitrogens with zero attached hydrogens (tertiary/aromatic N) is 1. The summed E-state index contributed by atoms with van der Waals surface area (Å²) in [6, 6.07) is 74.2. The van der Waals surface area contributed by atoms with Gasteiger partial charge in [-0.05, 0) is 92.1 Å². The van der Waals surface area contributed by atoms with Gasteiger partial charge in [-0.15, -0.1) is 11.3 Å². The summed E-state index contributed by atoms with van der Waals surface area (Å²) < 4.78 is 12.1.